The van der Waals surface area contributed by atoms with E-state index >= 15 is 0 Å². The second-order valence-electron chi connectivity index (χ2n) is 1.97. The maximum atomic E-state index is 9.82. The summed E-state index contributed by atoms with van der Waals surface area (Å²) in [5, 5.41) is 17.1. The van der Waals surface area contributed by atoms with Crippen LogP contribution in [0.3, 0.4) is 0 Å². The summed E-state index contributed by atoms with van der Waals surface area (Å²) >= 11 is 0. The van der Waals surface area contributed by atoms with Crippen LogP contribution in [0.4, 0.5) is 0 Å². The van der Waals surface area contributed by atoms with E-state index in [0.29, 0.717) is 0 Å². The van der Waals surface area contributed by atoms with Crippen molar-refractivity contribution in [3.63, 3.8) is 0 Å². The van der Waals surface area contributed by atoms with E-state index < -0.39 is 17.1 Å². The number of ether oxygens (including phenoxy) is 1. The molecule has 0 aliphatic heterocycles. The summed E-state index contributed by atoms with van der Waals surface area (Å²) in [6.45, 7) is -0.413. The van der Waals surface area contributed by atoms with Crippen LogP contribution in [0.25, 0.3) is 0 Å². The van der Waals surface area contributed by atoms with E-state index in [2.05, 4.69) is 4.18 Å². The molecule has 13 heavy (non-hydrogen) atoms. The van der Waals surface area contributed by atoms with Gasteiger partial charge in [0, 0.05) is 0 Å². The molecule has 0 aliphatic carbocycles. The van der Waals surface area contributed by atoms with Crippen molar-refractivity contribution in [2.24, 2.45) is 0 Å². The topological polar surface area (TPSA) is 93.1 Å². The molecule has 0 aromatic heterocycles. The van der Waals surface area contributed by atoms with E-state index in [4.69, 9.17) is 14.9 Å². The first-order chi connectivity index (χ1) is 5.66. The Labute approximate surface area is 100 Å². The van der Waals surface area contributed by atoms with Gasteiger partial charge in [0.05, 0.1) is 26.4 Å². The summed E-state index contributed by atoms with van der Waals surface area (Å²) in [6.07, 6.45) is -0.925. The molecule has 0 radical (unpaired) electrons. The standard InChI is InChI=1S/C5H12O6S.Na.H/c6-3-5(7)4-10-1-2-11-12(8)9;;/h5-7,12H,1-4H2;;. The van der Waals surface area contributed by atoms with Gasteiger partial charge < -0.3 is 14.9 Å². The molecule has 2 N–H and O–H groups in total. The van der Waals surface area contributed by atoms with Gasteiger partial charge in [-0.05, 0) is 0 Å². The Kier molecular flexibility index (Phi) is 13.6. The third-order valence-electron chi connectivity index (χ3n) is 0.945. The minimum atomic E-state index is -2.83. The Morgan fingerprint density at radius 2 is 1.92 bits per heavy atom. The minimum absolute atomic E-state index is 0. The maximum absolute atomic E-state index is 9.82. The molecular weight excluding hydrogens is 211 g/mol. The van der Waals surface area contributed by atoms with Gasteiger partial charge in [-0.25, -0.2) is 8.42 Å². The van der Waals surface area contributed by atoms with Crippen LogP contribution < -0.4 is 0 Å². The molecule has 0 aromatic rings. The molecular formula is C5H13NaO6S. The zero-order chi connectivity index (χ0) is 9.40. The Bertz CT molecular complexity index is 164. The van der Waals surface area contributed by atoms with Crippen LogP contribution in [0.2, 0.25) is 0 Å². The van der Waals surface area contributed by atoms with Crippen LogP contribution in [0, 0.1) is 0 Å². The number of aliphatic hydroxyl groups excluding tert-OH is 2. The fraction of sp³-hybridized carbons (Fsp3) is 1.00. The molecule has 1 unspecified atom stereocenters. The molecule has 0 bridgehead atoms. The molecule has 1 atom stereocenters. The fourth-order valence-corrected chi connectivity index (χ4v) is 0.666. The van der Waals surface area contributed by atoms with Crippen LogP contribution in [0.15, 0.2) is 0 Å². The zero-order valence-electron chi connectivity index (χ0n) is 6.38. The van der Waals surface area contributed by atoms with Gasteiger partial charge in [0.1, 0.15) is 6.10 Å². The number of hydrogen-bond donors (Lipinski definition) is 3. The van der Waals surface area contributed by atoms with Crippen molar-refractivity contribution in [3.8, 4) is 0 Å². The normalized spacial score (nSPS) is 12.5. The number of rotatable bonds is 7. The monoisotopic (exact) mass is 224 g/mol. The molecule has 0 amide bonds. The second-order valence-corrected chi connectivity index (χ2v) is 2.67. The van der Waals surface area contributed by atoms with Crippen molar-refractivity contribution in [2.45, 2.75) is 6.10 Å². The van der Waals surface area contributed by atoms with E-state index in [9.17, 15) is 8.42 Å². The second kappa shape index (κ2) is 10.9. The van der Waals surface area contributed by atoms with Crippen LogP contribution in [-0.2, 0) is 19.9 Å². The summed E-state index contributed by atoms with van der Waals surface area (Å²) in [5.41, 5.74) is 0. The summed E-state index contributed by atoms with van der Waals surface area (Å²) < 4.78 is 28.5. The molecule has 6 nitrogen and oxygen atoms in total. The molecule has 0 saturated heterocycles. The van der Waals surface area contributed by atoms with Crippen molar-refractivity contribution in [3.05, 3.63) is 0 Å². The van der Waals surface area contributed by atoms with Gasteiger partial charge in [-0.2, -0.15) is 0 Å². The first kappa shape index (κ1) is 16.2. The van der Waals surface area contributed by atoms with E-state index in [1.54, 1.807) is 0 Å². The first-order valence-electron chi connectivity index (χ1n) is 3.30. The van der Waals surface area contributed by atoms with Crippen LogP contribution in [-0.4, -0.2) is 80.7 Å². The quantitative estimate of drug-likeness (QED) is 0.247. The van der Waals surface area contributed by atoms with E-state index in [1.807, 2.05) is 0 Å². The molecule has 0 fully saturated rings. The zero-order valence-corrected chi connectivity index (χ0v) is 7.27. The first-order valence-corrected chi connectivity index (χ1v) is 4.40. The summed E-state index contributed by atoms with van der Waals surface area (Å²) in [5.74, 6) is 0. The third kappa shape index (κ3) is 12.8. The van der Waals surface area contributed by atoms with Crippen molar-refractivity contribution in [2.75, 3.05) is 26.4 Å². The Morgan fingerprint density at radius 1 is 1.31 bits per heavy atom. The van der Waals surface area contributed by atoms with Gasteiger partial charge in [-0.1, -0.05) is 0 Å². The molecule has 0 saturated carbocycles. The molecule has 76 valence electrons. The Hall–Kier alpha value is 0.790. The molecule has 0 spiro atoms. The fourth-order valence-electron chi connectivity index (χ4n) is 0.443. The molecule has 0 rings (SSSR count). The van der Waals surface area contributed by atoms with Gasteiger partial charge >= 0.3 is 29.6 Å². The summed E-state index contributed by atoms with van der Waals surface area (Å²) in [7, 11) is -2.83. The SMILES string of the molecule is O=[SH](=O)OCCOCC(O)CO.[NaH]. The van der Waals surface area contributed by atoms with Crippen molar-refractivity contribution < 1.29 is 27.6 Å². The van der Waals surface area contributed by atoms with Crippen molar-refractivity contribution >= 4 is 40.5 Å². The predicted octanol–water partition coefficient (Wildman–Crippen LogP) is -2.75. The average Bonchev–Trinajstić information content (AvgIpc) is 2.03. The predicted molar refractivity (Wildman–Crippen MR) is 47.3 cm³/mol. The average molecular weight is 224 g/mol. The van der Waals surface area contributed by atoms with E-state index in [0.717, 1.165) is 0 Å². The molecule has 0 heterocycles. The molecule has 0 aliphatic rings. The van der Waals surface area contributed by atoms with Gasteiger partial charge in [-0.3, -0.25) is 4.18 Å². The van der Waals surface area contributed by atoms with Gasteiger partial charge in [0.2, 0.25) is 0 Å². The summed E-state index contributed by atoms with van der Waals surface area (Å²) in [4.78, 5) is 0. The van der Waals surface area contributed by atoms with E-state index in [-0.39, 0.29) is 56.0 Å². The summed E-state index contributed by atoms with van der Waals surface area (Å²) in [6, 6.07) is 0. The van der Waals surface area contributed by atoms with Gasteiger partial charge in [-0.15, -0.1) is 0 Å². The van der Waals surface area contributed by atoms with E-state index in [1.165, 1.54) is 0 Å². The van der Waals surface area contributed by atoms with Crippen molar-refractivity contribution in [1.82, 2.24) is 0 Å². The number of hydrogen-bond acceptors (Lipinski definition) is 6. The number of thiol groups is 1. The van der Waals surface area contributed by atoms with Crippen LogP contribution >= 0.6 is 0 Å². The Morgan fingerprint density at radius 3 is 2.38 bits per heavy atom. The van der Waals surface area contributed by atoms with Gasteiger partial charge in [0.25, 0.3) is 11.0 Å². The van der Waals surface area contributed by atoms with Crippen LogP contribution in [0.1, 0.15) is 0 Å². The van der Waals surface area contributed by atoms with Crippen LogP contribution in [0.5, 0.6) is 0 Å². The van der Waals surface area contributed by atoms with Crippen molar-refractivity contribution in [1.29, 1.82) is 0 Å². The molecule has 0 aromatic carbocycles. The van der Waals surface area contributed by atoms with Gasteiger partial charge in [0.15, 0.2) is 0 Å². The number of aliphatic hydroxyl groups is 2. The third-order valence-corrected chi connectivity index (χ3v) is 1.34. The molecule has 8 heteroatoms. The Balaban J connectivity index is 0.